The number of halogens is 1. The maximum absolute atomic E-state index is 13.4. The number of nitrogens with zero attached hydrogens (tertiary/aromatic N) is 2. The van der Waals surface area contributed by atoms with Crippen LogP contribution in [0.15, 0.2) is 71.2 Å². The molecule has 1 aromatic heterocycles. The van der Waals surface area contributed by atoms with Crippen LogP contribution in [0.5, 0.6) is 5.75 Å². The smallest absolute Gasteiger partial charge is 0.350 e. The number of hydrogen-bond acceptors (Lipinski definition) is 8. The van der Waals surface area contributed by atoms with Gasteiger partial charge in [0.15, 0.2) is 5.13 Å². The number of carbonyl (C=O) groups excluding carboxylic acids is 3. The van der Waals surface area contributed by atoms with Gasteiger partial charge in [0.2, 0.25) is 0 Å². The van der Waals surface area contributed by atoms with Crippen molar-refractivity contribution in [3.63, 3.8) is 0 Å². The first kappa shape index (κ1) is 28.3. The number of thiazole rings is 1. The van der Waals surface area contributed by atoms with Crippen LogP contribution in [0.25, 0.3) is 5.76 Å². The summed E-state index contributed by atoms with van der Waals surface area (Å²) in [6, 6.07) is 12.8. The van der Waals surface area contributed by atoms with E-state index in [1.807, 2.05) is 0 Å². The van der Waals surface area contributed by atoms with E-state index >= 15 is 0 Å². The summed E-state index contributed by atoms with van der Waals surface area (Å²) >= 11 is 4.35. The molecule has 10 heteroatoms. The third kappa shape index (κ3) is 5.97. The Hall–Kier alpha value is -3.76. The van der Waals surface area contributed by atoms with Crippen molar-refractivity contribution in [2.75, 3.05) is 18.1 Å². The van der Waals surface area contributed by atoms with Crippen LogP contribution >= 0.6 is 27.3 Å². The average Bonchev–Trinajstić information content (AvgIpc) is 3.44. The van der Waals surface area contributed by atoms with Gasteiger partial charge in [-0.2, -0.15) is 0 Å². The first-order valence-electron chi connectivity index (χ1n) is 12.3. The highest BCUT2D eigenvalue weighted by molar-refractivity contribution is 9.10. The summed E-state index contributed by atoms with van der Waals surface area (Å²) in [7, 11) is 0. The van der Waals surface area contributed by atoms with Gasteiger partial charge in [0.05, 0.1) is 23.9 Å². The van der Waals surface area contributed by atoms with Gasteiger partial charge in [-0.15, -0.1) is 0 Å². The van der Waals surface area contributed by atoms with E-state index < -0.39 is 23.7 Å². The molecule has 0 radical (unpaired) electrons. The molecule has 0 saturated carbocycles. The van der Waals surface area contributed by atoms with Crippen molar-refractivity contribution in [3.8, 4) is 5.75 Å². The van der Waals surface area contributed by atoms with Crippen molar-refractivity contribution in [2.24, 2.45) is 0 Å². The fourth-order valence-electron chi connectivity index (χ4n) is 4.06. The van der Waals surface area contributed by atoms with Crippen molar-refractivity contribution >= 4 is 55.8 Å². The van der Waals surface area contributed by atoms with Crippen LogP contribution in [0.3, 0.4) is 0 Å². The van der Waals surface area contributed by atoms with Crippen molar-refractivity contribution in [1.82, 2.24) is 4.98 Å². The molecule has 8 nitrogen and oxygen atoms in total. The van der Waals surface area contributed by atoms with Crippen LogP contribution in [0, 0.1) is 6.92 Å². The SMILES string of the molecule is C=CCOC(=O)c1sc(N2C(=O)C(=O)/C(=C(/O)c3ccc(OCCCC)cc3)C2c2ccc(Br)cc2)nc1C. The summed E-state index contributed by atoms with van der Waals surface area (Å²) < 4.78 is 11.6. The fraction of sp³-hybridized carbons (Fsp3) is 0.241. The number of aryl methyl sites for hydroxylation is 1. The van der Waals surface area contributed by atoms with Crippen LogP contribution < -0.4 is 9.64 Å². The Kier molecular flexibility index (Phi) is 8.98. The van der Waals surface area contributed by atoms with E-state index in [4.69, 9.17) is 9.47 Å². The lowest BCUT2D eigenvalue weighted by Gasteiger charge is -2.23. The van der Waals surface area contributed by atoms with E-state index in [2.05, 4.69) is 34.4 Å². The quantitative estimate of drug-likeness (QED) is 0.0710. The zero-order valence-electron chi connectivity index (χ0n) is 21.5. The van der Waals surface area contributed by atoms with E-state index in [-0.39, 0.29) is 27.9 Å². The number of esters is 1. The van der Waals surface area contributed by atoms with Gasteiger partial charge in [-0.25, -0.2) is 9.78 Å². The minimum Gasteiger partial charge on any atom is -0.507 e. The number of benzene rings is 2. The molecule has 1 aliphatic heterocycles. The Morgan fingerprint density at radius 3 is 2.51 bits per heavy atom. The highest BCUT2D eigenvalue weighted by Crippen LogP contribution is 2.44. The highest BCUT2D eigenvalue weighted by atomic mass is 79.9. The molecular formula is C29H27BrN2O6S. The summed E-state index contributed by atoms with van der Waals surface area (Å²) in [6.45, 7) is 7.84. The van der Waals surface area contributed by atoms with Crippen LogP contribution in [-0.2, 0) is 14.3 Å². The normalized spacial score (nSPS) is 16.4. The van der Waals surface area contributed by atoms with E-state index in [9.17, 15) is 19.5 Å². The van der Waals surface area contributed by atoms with Gasteiger partial charge in [-0.05, 0) is 55.3 Å². The van der Waals surface area contributed by atoms with Crippen molar-refractivity contribution < 1.29 is 29.0 Å². The summed E-state index contributed by atoms with van der Waals surface area (Å²) in [5.74, 6) is -1.99. The summed E-state index contributed by atoms with van der Waals surface area (Å²) in [5.41, 5.74) is 1.23. The van der Waals surface area contributed by atoms with Gasteiger partial charge in [-0.3, -0.25) is 14.5 Å². The van der Waals surface area contributed by atoms with Crippen LogP contribution in [0.4, 0.5) is 5.13 Å². The number of Topliss-reactive ketones (excluding diaryl/α,β-unsaturated/α-hetero) is 1. The predicted molar refractivity (Wildman–Crippen MR) is 153 cm³/mol. The molecule has 0 bridgehead atoms. The minimum absolute atomic E-state index is 0.0251. The van der Waals surface area contributed by atoms with Gasteiger partial charge < -0.3 is 14.6 Å². The van der Waals surface area contributed by atoms with E-state index in [1.54, 1.807) is 55.5 Å². The zero-order valence-corrected chi connectivity index (χ0v) is 23.9. The van der Waals surface area contributed by atoms with Crippen LogP contribution in [-0.4, -0.2) is 41.0 Å². The summed E-state index contributed by atoms with van der Waals surface area (Å²) in [6.07, 6.45) is 3.37. The molecule has 1 aliphatic rings. The largest absolute Gasteiger partial charge is 0.507 e. The topological polar surface area (TPSA) is 106 Å². The molecule has 0 aliphatic carbocycles. The number of ether oxygens (including phenoxy) is 2. The number of anilines is 1. The van der Waals surface area contributed by atoms with E-state index in [0.717, 1.165) is 28.7 Å². The monoisotopic (exact) mass is 610 g/mol. The summed E-state index contributed by atoms with van der Waals surface area (Å²) in [5, 5.41) is 11.5. The molecule has 2 aromatic carbocycles. The fourth-order valence-corrected chi connectivity index (χ4v) is 5.32. The number of rotatable bonds is 10. The molecule has 1 saturated heterocycles. The lowest BCUT2D eigenvalue weighted by Crippen LogP contribution is -2.29. The van der Waals surface area contributed by atoms with Crippen LogP contribution in [0.2, 0.25) is 0 Å². The molecule has 202 valence electrons. The number of ketones is 1. The Bertz CT molecular complexity index is 1430. The number of aliphatic hydroxyl groups excluding tert-OH is 1. The van der Waals surface area contributed by atoms with E-state index in [0.29, 0.717) is 29.2 Å². The Balaban J connectivity index is 1.79. The molecule has 3 aromatic rings. The molecule has 2 heterocycles. The van der Waals surface area contributed by atoms with Gasteiger partial charge in [0, 0.05) is 10.0 Å². The third-order valence-corrected chi connectivity index (χ3v) is 7.70. The first-order chi connectivity index (χ1) is 18.8. The average molecular weight is 612 g/mol. The molecule has 1 fully saturated rings. The standard InChI is InChI=1S/C29H27BrN2O6S/c1-4-6-16-37-21-13-9-19(10-14-21)24(33)22-23(18-7-11-20(30)12-8-18)32(27(35)25(22)34)29-31-17(3)26(39-29)28(36)38-15-5-2/h5,7-14,23,33H,2,4,6,15-16H2,1,3H3/b24-22+. The molecule has 1 N–H and O–H groups in total. The molecule has 39 heavy (non-hydrogen) atoms. The Morgan fingerprint density at radius 1 is 1.18 bits per heavy atom. The molecule has 1 atom stereocenters. The lowest BCUT2D eigenvalue weighted by molar-refractivity contribution is -0.132. The second-order valence-corrected chi connectivity index (χ2v) is 10.6. The number of aromatic nitrogens is 1. The molecular weight excluding hydrogens is 584 g/mol. The molecule has 1 amide bonds. The van der Waals surface area contributed by atoms with Crippen molar-refractivity contribution in [2.45, 2.75) is 32.7 Å². The van der Waals surface area contributed by atoms with Gasteiger partial charge in [-0.1, -0.05) is 65.4 Å². The lowest BCUT2D eigenvalue weighted by atomic mass is 9.95. The second kappa shape index (κ2) is 12.4. The Morgan fingerprint density at radius 2 is 1.87 bits per heavy atom. The number of unbranched alkanes of at least 4 members (excludes halogenated alkanes) is 1. The zero-order chi connectivity index (χ0) is 28.1. The second-order valence-electron chi connectivity index (χ2n) is 8.75. The predicted octanol–water partition coefficient (Wildman–Crippen LogP) is 6.36. The van der Waals surface area contributed by atoms with Crippen molar-refractivity contribution in [1.29, 1.82) is 0 Å². The maximum atomic E-state index is 13.4. The van der Waals surface area contributed by atoms with E-state index in [1.165, 1.54) is 11.0 Å². The third-order valence-electron chi connectivity index (χ3n) is 6.03. The van der Waals surface area contributed by atoms with Gasteiger partial charge in [0.25, 0.3) is 5.78 Å². The number of hydrogen-bond donors (Lipinski definition) is 1. The number of aliphatic hydroxyl groups is 1. The Labute approximate surface area is 238 Å². The first-order valence-corrected chi connectivity index (χ1v) is 13.9. The summed E-state index contributed by atoms with van der Waals surface area (Å²) in [4.78, 5) is 45.2. The number of carbonyl (C=O) groups is 3. The van der Waals surface area contributed by atoms with Gasteiger partial charge >= 0.3 is 11.9 Å². The maximum Gasteiger partial charge on any atom is 0.350 e. The van der Waals surface area contributed by atoms with Gasteiger partial charge in [0.1, 0.15) is 23.0 Å². The van der Waals surface area contributed by atoms with Crippen molar-refractivity contribution in [3.05, 3.63) is 92.9 Å². The molecule has 1 unspecified atom stereocenters. The minimum atomic E-state index is -0.971. The number of amides is 1. The molecule has 4 rings (SSSR count). The highest BCUT2D eigenvalue weighted by Gasteiger charge is 2.48. The molecule has 0 spiro atoms. The van der Waals surface area contributed by atoms with Crippen LogP contribution in [0.1, 0.15) is 52.3 Å².